The van der Waals surface area contributed by atoms with Gasteiger partial charge in [0.05, 0.1) is 12.3 Å². The molecular formula is C11H14ClF3N2. The Kier molecular flexibility index (Phi) is 4.62. The molecule has 0 aliphatic heterocycles. The lowest BCUT2D eigenvalue weighted by atomic mass is 10.2. The van der Waals surface area contributed by atoms with E-state index in [2.05, 4.69) is 4.98 Å². The Bertz CT molecular complexity index is 379. The fraction of sp³-hybridized carbons (Fsp3) is 0.545. The first-order chi connectivity index (χ1) is 7.83. The molecule has 0 spiro atoms. The van der Waals surface area contributed by atoms with Gasteiger partial charge in [-0.05, 0) is 13.0 Å². The molecule has 0 saturated carbocycles. The summed E-state index contributed by atoms with van der Waals surface area (Å²) in [6.07, 6.45) is -3.38. The largest absolute Gasteiger partial charge is 0.390 e. The maximum atomic E-state index is 12.1. The quantitative estimate of drug-likeness (QED) is 0.775. The molecule has 0 N–H and O–H groups in total. The number of hydrogen-bond donors (Lipinski definition) is 0. The highest BCUT2D eigenvalue weighted by Crippen LogP contribution is 2.25. The van der Waals surface area contributed by atoms with Gasteiger partial charge >= 0.3 is 6.18 Å². The number of halogens is 4. The van der Waals surface area contributed by atoms with Crippen LogP contribution in [0.2, 0.25) is 0 Å². The van der Waals surface area contributed by atoms with Crippen molar-refractivity contribution >= 4 is 17.3 Å². The second-order valence-corrected chi connectivity index (χ2v) is 4.14. The minimum atomic E-state index is -4.14. The summed E-state index contributed by atoms with van der Waals surface area (Å²) in [6.45, 7) is 1.70. The number of aryl methyl sites for hydroxylation is 1. The van der Waals surface area contributed by atoms with E-state index in [1.165, 1.54) is 0 Å². The molecule has 1 heterocycles. The van der Waals surface area contributed by atoms with Crippen molar-refractivity contribution in [3.63, 3.8) is 0 Å². The third-order valence-electron chi connectivity index (χ3n) is 2.38. The summed E-state index contributed by atoms with van der Waals surface area (Å²) in [7, 11) is 1.62. The van der Waals surface area contributed by atoms with Crippen LogP contribution in [0.3, 0.4) is 0 Å². The molecule has 0 saturated heterocycles. The second-order valence-electron chi connectivity index (χ2n) is 3.87. The number of aromatic nitrogens is 1. The van der Waals surface area contributed by atoms with Gasteiger partial charge in [0.2, 0.25) is 0 Å². The van der Waals surface area contributed by atoms with Gasteiger partial charge < -0.3 is 4.90 Å². The molecule has 6 heteroatoms. The highest BCUT2D eigenvalue weighted by molar-refractivity contribution is 6.17. The molecule has 0 fully saturated rings. The van der Waals surface area contributed by atoms with Gasteiger partial charge in [0.1, 0.15) is 0 Å². The van der Waals surface area contributed by atoms with Crippen molar-refractivity contribution < 1.29 is 13.2 Å². The van der Waals surface area contributed by atoms with Crippen molar-refractivity contribution in [3.8, 4) is 0 Å². The average molecular weight is 267 g/mol. The van der Waals surface area contributed by atoms with Crippen LogP contribution in [0.5, 0.6) is 0 Å². The van der Waals surface area contributed by atoms with Crippen molar-refractivity contribution in [1.29, 1.82) is 0 Å². The molecule has 0 unspecified atom stereocenters. The third-order valence-corrected chi connectivity index (χ3v) is 2.67. The van der Waals surface area contributed by atoms with Crippen molar-refractivity contribution in [3.05, 3.63) is 23.5 Å². The highest BCUT2D eigenvalue weighted by Gasteiger charge is 2.27. The topological polar surface area (TPSA) is 16.1 Å². The fourth-order valence-electron chi connectivity index (χ4n) is 1.45. The number of nitrogens with zero attached hydrogens (tertiary/aromatic N) is 2. The van der Waals surface area contributed by atoms with Gasteiger partial charge in [-0.1, -0.05) is 0 Å². The van der Waals surface area contributed by atoms with Gasteiger partial charge in [-0.25, -0.2) is 0 Å². The summed E-state index contributed by atoms with van der Waals surface area (Å²) in [5.41, 5.74) is 2.20. The summed E-state index contributed by atoms with van der Waals surface area (Å²) < 4.78 is 36.4. The van der Waals surface area contributed by atoms with Crippen molar-refractivity contribution in [2.45, 2.75) is 25.4 Å². The van der Waals surface area contributed by atoms with E-state index in [4.69, 9.17) is 11.6 Å². The van der Waals surface area contributed by atoms with Gasteiger partial charge in [0.15, 0.2) is 0 Å². The van der Waals surface area contributed by atoms with Gasteiger partial charge in [0, 0.05) is 36.7 Å². The minimum absolute atomic E-state index is 0.0865. The smallest absolute Gasteiger partial charge is 0.374 e. The maximum absolute atomic E-state index is 12.1. The molecule has 17 heavy (non-hydrogen) atoms. The van der Waals surface area contributed by atoms with E-state index in [-0.39, 0.29) is 12.4 Å². The molecule has 96 valence electrons. The summed E-state index contributed by atoms with van der Waals surface area (Å²) in [5.74, 6) is 0.235. The molecule has 0 aromatic carbocycles. The molecule has 1 aromatic rings. The summed E-state index contributed by atoms with van der Waals surface area (Å²) >= 11 is 5.73. The van der Waals surface area contributed by atoms with E-state index >= 15 is 0 Å². The fourth-order valence-corrected chi connectivity index (χ4v) is 1.65. The Labute approximate surface area is 103 Å². The molecular weight excluding hydrogens is 253 g/mol. The van der Waals surface area contributed by atoms with E-state index in [1.54, 1.807) is 31.1 Å². The number of rotatable bonds is 4. The van der Waals surface area contributed by atoms with Gasteiger partial charge in [-0.2, -0.15) is 13.2 Å². The molecule has 0 aliphatic rings. The molecule has 0 amide bonds. The Morgan fingerprint density at radius 1 is 1.41 bits per heavy atom. The monoisotopic (exact) mass is 266 g/mol. The minimum Gasteiger partial charge on any atom is -0.374 e. The molecule has 0 atom stereocenters. The van der Waals surface area contributed by atoms with E-state index in [9.17, 15) is 13.2 Å². The summed E-state index contributed by atoms with van der Waals surface area (Å²) in [5, 5.41) is 0. The van der Waals surface area contributed by atoms with Crippen molar-refractivity contribution in [2.75, 3.05) is 18.5 Å². The Morgan fingerprint density at radius 3 is 2.59 bits per heavy atom. The zero-order chi connectivity index (χ0) is 13.1. The third kappa shape index (κ3) is 4.42. The van der Waals surface area contributed by atoms with Crippen LogP contribution in [0.15, 0.2) is 12.3 Å². The molecule has 0 radical (unpaired) electrons. The van der Waals surface area contributed by atoms with Crippen LogP contribution in [0.1, 0.15) is 17.7 Å². The Hall–Kier alpha value is -0.970. The lowest BCUT2D eigenvalue weighted by molar-refractivity contribution is -0.132. The number of pyridine rings is 1. The van der Waals surface area contributed by atoms with Crippen LogP contribution in [-0.2, 0) is 5.88 Å². The maximum Gasteiger partial charge on any atom is 0.390 e. The lowest BCUT2D eigenvalue weighted by Crippen LogP contribution is -2.25. The van der Waals surface area contributed by atoms with Crippen LogP contribution in [0, 0.1) is 6.92 Å². The first-order valence-corrected chi connectivity index (χ1v) is 5.66. The molecule has 1 aromatic heterocycles. The van der Waals surface area contributed by atoms with Crippen LogP contribution in [-0.4, -0.2) is 24.8 Å². The number of hydrogen-bond acceptors (Lipinski definition) is 2. The zero-order valence-electron chi connectivity index (χ0n) is 9.68. The predicted octanol–water partition coefficient (Wildman–Crippen LogP) is 3.52. The van der Waals surface area contributed by atoms with Gasteiger partial charge in [-0.3, -0.25) is 4.98 Å². The van der Waals surface area contributed by atoms with Crippen molar-refractivity contribution in [2.24, 2.45) is 0 Å². The molecule has 0 bridgehead atoms. The Balaban J connectivity index is 2.80. The first kappa shape index (κ1) is 14.1. The standard InChI is InChI=1S/C11H14ClF3N2/c1-8-5-10(9(6-12)7-16-8)17(2)4-3-11(13,14)15/h5,7H,3-4,6H2,1-2H3. The summed E-state index contributed by atoms with van der Waals surface area (Å²) in [6, 6.07) is 1.74. The van der Waals surface area contributed by atoms with Crippen LogP contribution >= 0.6 is 11.6 Å². The van der Waals surface area contributed by atoms with Gasteiger partial charge in [0.25, 0.3) is 0 Å². The number of alkyl halides is 4. The van der Waals surface area contributed by atoms with E-state index in [0.29, 0.717) is 5.69 Å². The van der Waals surface area contributed by atoms with Crippen LogP contribution < -0.4 is 4.90 Å². The molecule has 1 rings (SSSR count). The average Bonchev–Trinajstić information content (AvgIpc) is 2.25. The van der Waals surface area contributed by atoms with Gasteiger partial charge in [-0.15, -0.1) is 11.6 Å². The SMILES string of the molecule is Cc1cc(N(C)CCC(F)(F)F)c(CCl)cn1. The van der Waals surface area contributed by atoms with E-state index in [0.717, 1.165) is 11.3 Å². The normalized spacial score (nSPS) is 11.6. The number of anilines is 1. The Morgan fingerprint density at radius 2 is 2.06 bits per heavy atom. The first-order valence-electron chi connectivity index (χ1n) is 5.13. The molecule has 2 nitrogen and oxygen atoms in total. The van der Waals surface area contributed by atoms with E-state index in [1.807, 2.05) is 0 Å². The summed E-state index contributed by atoms with van der Waals surface area (Å²) in [4.78, 5) is 5.62. The molecule has 0 aliphatic carbocycles. The van der Waals surface area contributed by atoms with Crippen LogP contribution in [0.25, 0.3) is 0 Å². The van der Waals surface area contributed by atoms with Crippen LogP contribution in [0.4, 0.5) is 18.9 Å². The lowest BCUT2D eigenvalue weighted by Gasteiger charge is -2.22. The predicted molar refractivity (Wildman–Crippen MR) is 62.5 cm³/mol. The second kappa shape index (κ2) is 5.58. The van der Waals surface area contributed by atoms with Crippen molar-refractivity contribution in [1.82, 2.24) is 4.98 Å². The zero-order valence-corrected chi connectivity index (χ0v) is 10.4. The highest BCUT2D eigenvalue weighted by atomic mass is 35.5. The van der Waals surface area contributed by atoms with E-state index < -0.39 is 12.6 Å².